The topological polar surface area (TPSA) is 47.6 Å². The number of methoxy groups -OCH3 is 1. The van der Waals surface area contributed by atoms with Gasteiger partial charge in [-0.1, -0.05) is 48.5 Å². The Morgan fingerprint density at radius 3 is 2.46 bits per heavy atom. The number of nitrogens with one attached hydrogen (secondary N) is 1. The minimum atomic E-state index is -0.215. The zero-order valence-electron chi connectivity index (χ0n) is 16.0. The second-order valence-electron chi connectivity index (χ2n) is 6.37. The van der Waals surface area contributed by atoms with E-state index in [0.29, 0.717) is 18.0 Å². The third-order valence-electron chi connectivity index (χ3n) is 4.17. The van der Waals surface area contributed by atoms with Crippen LogP contribution in [-0.4, -0.2) is 13.0 Å². The molecule has 28 heavy (non-hydrogen) atoms. The Kier molecular flexibility index (Phi) is 6.47. The lowest BCUT2D eigenvalue weighted by Gasteiger charge is -2.09. The highest BCUT2D eigenvalue weighted by Crippen LogP contribution is 2.25. The maximum absolute atomic E-state index is 12.2. The molecule has 0 aromatic heterocycles. The average Bonchev–Trinajstić information content (AvgIpc) is 2.72. The fraction of sp³-hybridized carbons (Fsp3) is 0.125. The number of ether oxygens (including phenoxy) is 2. The Labute approximate surface area is 165 Å². The summed E-state index contributed by atoms with van der Waals surface area (Å²) in [5.41, 5.74) is 3.74. The lowest BCUT2D eigenvalue weighted by atomic mass is 10.2. The van der Waals surface area contributed by atoms with Crippen molar-refractivity contribution in [2.75, 3.05) is 12.4 Å². The molecule has 0 saturated heterocycles. The molecular weight excluding hydrogens is 350 g/mol. The van der Waals surface area contributed by atoms with E-state index in [1.165, 1.54) is 6.08 Å². The highest BCUT2D eigenvalue weighted by atomic mass is 16.5. The van der Waals surface area contributed by atoms with Crippen molar-refractivity contribution >= 4 is 17.7 Å². The monoisotopic (exact) mass is 373 g/mol. The van der Waals surface area contributed by atoms with Crippen LogP contribution in [0.25, 0.3) is 6.08 Å². The number of anilines is 1. The summed E-state index contributed by atoms with van der Waals surface area (Å²) in [6, 6.07) is 23.3. The van der Waals surface area contributed by atoms with Gasteiger partial charge in [-0.05, 0) is 54.0 Å². The van der Waals surface area contributed by atoms with Crippen molar-refractivity contribution in [3.63, 3.8) is 0 Å². The predicted octanol–water partition coefficient (Wildman–Crippen LogP) is 5.23. The maximum Gasteiger partial charge on any atom is 0.248 e. The first kappa shape index (κ1) is 19.2. The zero-order valence-corrected chi connectivity index (χ0v) is 16.0. The molecule has 3 aromatic carbocycles. The molecule has 4 heteroatoms. The molecule has 3 aromatic rings. The molecule has 0 aliphatic rings. The Balaban J connectivity index is 1.56. The van der Waals surface area contributed by atoms with Crippen molar-refractivity contribution in [1.29, 1.82) is 0 Å². The Hall–Kier alpha value is -3.53. The van der Waals surface area contributed by atoms with Crippen molar-refractivity contribution in [3.8, 4) is 11.5 Å². The fourth-order valence-electron chi connectivity index (χ4n) is 2.68. The number of aryl methyl sites for hydroxylation is 1. The van der Waals surface area contributed by atoms with Gasteiger partial charge in [0.1, 0.15) is 18.1 Å². The van der Waals surface area contributed by atoms with Gasteiger partial charge < -0.3 is 14.8 Å². The van der Waals surface area contributed by atoms with Gasteiger partial charge in [-0.3, -0.25) is 4.79 Å². The first-order valence-corrected chi connectivity index (χ1v) is 9.04. The molecule has 0 unspecified atom stereocenters. The van der Waals surface area contributed by atoms with Crippen molar-refractivity contribution in [1.82, 2.24) is 0 Å². The van der Waals surface area contributed by atoms with Gasteiger partial charge in [0.25, 0.3) is 0 Å². The predicted molar refractivity (Wildman–Crippen MR) is 113 cm³/mol. The number of amides is 1. The van der Waals surface area contributed by atoms with E-state index in [9.17, 15) is 4.79 Å². The first-order chi connectivity index (χ1) is 13.6. The average molecular weight is 373 g/mol. The molecule has 1 N–H and O–H groups in total. The van der Waals surface area contributed by atoms with E-state index in [1.807, 2.05) is 79.7 Å². The van der Waals surface area contributed by atoms with Crippen molar-refractivity contribution in [2.24, 2.45) is 0 Å². The summed E-state index contributed by atoms with van der Waals surface area (Å²) in [5, 5.41) is 2.85. The minimum Gasteiger partial charge on any atom is -0.495 e. The Morgan fingerprint density at radius 1 is 1.00 bits per heavy atom. The lowest BCUT2D eigenvalue weighted by molar-refractivity contribution is -0.111. The highest BCUT2D eigenvalue weighted by molar-refractivity contribution is 6.02. The van der Waals surface area contributed by atoms with Crippen LogP contribution in [0.3, 0.4) is 0 Å². The molecule has 0 aliphatic carbocycles. The van der Waals surface area contributed by atoms with E-state index in [4.69, 9.17) is 9.47 Å². The van der Waals surface area contributed by atoms with Crippen molar-refractivity contribution in [3.05, 3.63) is 95.6 Å². The normalized spacial score (nSPS) is 10.6. The van der Waals surface area contributed by atoms with E-state index < -0.39 is 0 Å². The number of benzene rings is 3. The van der Waals surface area contributed by atoms with Crippen LogP contribution in [0.1, 0.15) is 16.7 Å². The second kappa shape index (κ2) is 9.42. The summed E-state index contributed by atoms with van der Waals surface area (Å²) in [7, 11) is 1.58. The Morgan fingerprint density at radius 2 is 1.75 bits per heavy atom. The third kappa shape index (κ3) is 5.48. The number of rotatable bonds is 7. The molecule has 0 fully saturated rings. The molecule has 0 heterocycles. The largest absolute Gasteiger partial charge is 0.495 e. The van der Waals surface area contributed by atoms with Gasteiger partial charge in [0, 0.05) is 6.08 Å². The molecule has 0 bridgehead atoms. The van der Waals surface area contributed by atoms with Crippen LogP contribution in [-0.2, 0) is 11.4 Å². The van der Waals surface area contributed by atoms with Crippen LogP contribution >= 0.6 is 0 Å². The lowest BCUT2D eigenvalue weighted by Crippen LogP contribution is -2.09. The SMILES string of the molecule is COc1ccc(C)cc1NC(=O)C=Cc1ccc(OCc2ccccc2)cc1. The molecule has 0 atom stereocenters. The minimum absolute atomic E-state index is 0.215. The van der Waals surface area contributed by atoms with Gasteiger partial charge in [0.15, 0.2) is 0 Å². The van der Waals surface area contributed by atoms with Crippen LogP contribution in [0.5, 0.6) is 11.5 Å². The van der Waals surface area contributed by atoms with E-state index >= 15 is 0 Å². The molecular formula is C24H23NO3. The second-order valence-corrected chi connectivity index (χ2v) is 6.37. The van der Waals surface area contributed by atoms with Gasteiger partial charge >= 0.3 is 0 Å². The third-order valence-corrected chi connectivity index (χ3v) is 4.17. The zero-order chi connectivity index (χ0) is 19.8. The fourth-order valence-corrected chi connectivity index (χ4v) is 2.68. The van der Waals surface area contributed by atoms with Crippen LogP contribution < -0.4 is 14.8 Å². The quantitative estimate of drug-likeness (QED) is 0.577. The molecule has 0 spiro atoms. The van der Waals surface area contributed by atoms with Crippen LogP contribution in [0.15, 0.2) is 78.9 Å². The van der Waals surface area contributed by atoms with Crippen molar-refractivity contribution < 1.29 is 14.3 Å². The van der Waals surface area contributed by atoms with E-state index in [1.54, 1.807) is 13.2 Å². The molecule has 3 rings (SSSR count). The first-order valence-electron chi connectivity index (χ1n) is 9.04. The Bertz CT molecular complexity index is 947. The summed E-state index contributed by atoms with van der Waals surface area (Å²) in [4.78, 5) is 12.2. The summed E-state index contributed by atoms with van der Waals surface area (Å²) >= 11 is 0. The van der Waals surface area contributed by atoms with E-state index in [0.717, 1.165) is 22.4 Å². The summed E-state index contributed by atoms with van der Waals surface area (Å²) in [6.07, 6.45) is 3.26. The molecule has 0 radical (unpaired) electrons. The standard InChI is InChI=1S/C24H23NO3/c1-18-8-14-23(27-2)22(16-18)25-24(26)15-11-19-9-12-21(13-10-19)28-17-20-6-4-3-5-7-20/h3-16H,17H2,1-2H3,(H,25,26). The number of hydrogen-bond donors (Lipinski definition) is 1. The highest BCUT2D eigenvalue weighted by Gasteiger charge is 2.05. The van der Waals surface area contributed by atoms with E-state index in [2.05, 4.69) is 5.32 Å². The van der Waals surface area contributed by atoms with Gasteiger partial charge in [-0.15, -0.1) is 0 Å². The molecule has 1 amide bonds. The van der Waals surface area contributed by atoms with Crippen LogP contribution in [0.4, 0.5) is 5.69 Å². The molecule has 4 nitrogen and oxygen atoms in total. The molecule has 0 saturated carbocycles. The number of carbonyl (C=O) groups excluding carboxylic acids is 1. The number of carbonyl (C=O) groups is 1. The summed E-state index contributed by atoms with van der Waals surface area (Å²) in [6.45, 7) is 2.49. The van der Waals surface area contributed by atoms with Gasteiger partial charge in [-0.2, -0.15) is 0 Å². The van der Waals surface area contributed by atoms with Crippen molar-refractivity contribution in [2.45, 2.75) is 13.5 Å². The summed E-state index contributed by atoms with van der Waals surface area (Å²) in [5.74, 6) is 1.20. The summed E-state index contributed by atoms with van der Waals surface area (Å²) < 4.78 is 11.1. The van der Waals surface area contributed by atoms with Gasteiger partial charge in [0.2, 0.25) is 5.91 Å². The molecule has 142 valence electrons. The van der Waals surface area contributed by atoms with Crippen LogP contribution in [0.2, 0.25) is 0 Å². The van der Waals surface area contributed by atoms with Gasteiger partial charge in [-0.25, -0.2) is 0 Å². The van der Waals surface area contributed by atoms with E-state index in [-0.39, 0.29) is 5.91 Å². The number of hydrogen-bond acceptors (Lipinski definition) is 3. The van der Waals surface area contributed by atoms with Crippen LogP contribution in [0, 0.1) is 6.92 Å². The maximum atomic E-state index is 12.2. The molecule has 0 aliphatic heterocycles. The smallest absolute Gasteiger partial charge is 0.248 e. The van der Waals surface area contributed by atoms with Gasteiger partial charge in [0.05, 0.1) is 12.8 Å².